The van der Waals surface area contributed by atoms with Crippen molar-refractivity contribution in [2.24, 2.45) is 0 Å². The maximum Gasteiger partial charge on any atom is 0.305 e. The molecule has 17 heavy (non-hydrogen) atoms. The predicted octanol–water partition coefficient (Wildman–Crippen LogP) is 1.26. The first-order chi connectivity index (χ1) is 8.13. The number of likely N-dealkylation sites (tertiary alicyclic amines) is 1. The highest BCUT2D eigenvalue weighted by Crippen LogP contribution is 2.33. The molecule has 0 amide bonds. The summed E-state index contributed by atoms with van der Waals surface area (Å²) in [7, 11) is 0. The molecule has 5 heteroatoms. The maximum absolute atomic E-state index is 11.1. The minimum absolute atomic E-state index is 0.0612. The lowest BCUT2D eigenvalue weighted by Crippen LogP contribution is -2.44. The number of hydrogen-bond donors (Lipinski definition) is 1. The van der Waals surface area contributed by atoms with Crippen LogP contribution in [0, 0.1) is 0 Å². The Morgan fingerprint density at radius 3 is 2.71 bits per heavy atom. The number of nitrogens with zero attached hydrogens (tertiary/aromatic N) is 3. The van der Waals surface area contributed by atoms with Gasteiger partial charge in [0.1, 0.15) is 0 Å². The van der Waals surface area contributed by atoms with Gasteiger partial charge in [0.2, 0.25) is 0 Å². The van der Waals surface area contributed by atoms with Gasteiger partial charge in [0.05, 0.1) is 23.9 Å². The van der Waals surface area contributed by atoms with Crippen LogP contribution in [0.1, 0.15) is 31.9 Å². The summed E-state index contributed by atoms with van der Waals surface area (Å²) in [5, 5.41) is 9.10. The SMILES string of the molecule is CC(CC(=O)O)(c1cnccn1)N1CCCC1. The van der Waals surface area contributed by atoms with Crippen molar-refractivity contribution in [1.29, 1.82) is 0 Å². The smallest absolute Gasteiger partial charge is 0.305 e. The Morgan fingerprint density at radius 1 is 1.47 bits per heavy atom. The number of carbonyl (C=O) groups is 1. The van der Waals surface area contributed by atoms with Crippen LogP contribution in [0.2, 0.25) is 0 Å². The number of carboxylic acid groups (broad SMARTS) is 1. The highest BCUT2D eigenvalue weighted by molar-refractivity contribution is 5.68. The van der Waals surface area contributed by atoms with Gasteiger partial charge in [-0.05, 0) is 32.9 Å². The van der Waals surface area contributed by atoms with Crippen molar-refractivity contribution in [2.75, 3.05) is 13.1 Å². The van der Waals surface area contributed by atoms with Gasteiger partial charge >= 0.3 is 5.97 Å². The van der Waals surface area contributed by atoms with Crippen LogP contribution in [0.5, 0.6) is 0 Å². The van der Waals surface area contributed by atoms with E-state index in [1.807, 2.05) is 6.92 Å². The monoisotopic (exact) mass is 235 g/mol. The zero-order chi connectivity index (χ0) is 12.3. The summed E-state index contributed by atoms with van der Waals surface area (Å²) in [6, 6.07) is 0. The standard InChI is InChI=1S/C12H17N3O2/c1-12(8-11(16)17,15-6-2-3-7-15)10-9-13-4-5-14-10/h4-5,9H,2-3,6-8H2,1H3,(H,16,17). The molecule has 1 atom stereocenters. The molecular weight excluding hydrogens is 218 g/mol. The molecule has 1 fully saturated rings. The second kappa shape index (κ2) is 4.79. The summed E-state index contributed by atoms with van der Waals surface area (Å²) in [5.41, 5.74) is 0.195. The van der Waals surface area contributed by atoms with Crippen molar-refractivity contribution in [3.63, 3.8) is 0 Å². The minimum atomic E-state index is -0.801. The molecule has 0 bridgehead atoms. The van der Waals surface area contributed by atoms with E-state index in [1.165, 1.54) is 0 Å². The van der Waals surface area contributed by atoms with Crippen LogP contribution in [-0.2, 0) is 10.3 Å². The zero-order valence-corrected chi connectivity index (χ0v) is 9.96. The summed E-state index contributed by atoms with van der Waals surface area (Å²) in [6.07, 6.45) is 7.19. The van der Waals surface area contributed by atoms with E-state index in [9.17, 15) is 4.79 Å². The van der Waals surface area contributed by atoms with Crippen molar-refractivity contribution in [3.05, 3.63) is 24.3 Å². The van der Waals surface area contributed by atoms with E-state index >= 15 is 0 Å². The molecule has 1 aromatic rings. The Morgan fingerprint density at radius 2 is 2.18 bits per heavy atom. The Kier molecular flexibility index (Phi) is 3.38. The van der Waals surface area contributed by atoms with E-state index in [0.29, 0.717) is 0 Å². The van der Waals surface area contributed by atoms with E-state index < -0.39 is 11.5 Å². The van der Waals surface area contributed by atoms with Crippen molar-refractivity contribution >= 4 is 5.97 Å². The lowest BCUT2D eigenvalue weighted by molar-refractivity contribution is -0.140. The Hall–Kier alpha value is -1.49. The molecule has 2 rings (SSSR count). The van der Waals surface area contributed by atoms with Crippen molar-refractivity contribution in [3.8, 4) is 0 Å². The van der Waals surface area contributed by atoms with Gasteiger partial charge in [0.15, 0.2) is 0 Å². The lowest BCUT2D eigenvalue weighted by atomic mass is 9.92. The van der Waals surface area contributed by atoms with Crippen molar-refractivity contribution in [1.82, 2.24) is 14.9 Å². The first-order valence-corrected chi connectivity index (χ1v) is 5.86. The molecule has 0 spiro atoms. The van der Waals surface area contributed by atoms with Gasteiger partial charge in [-0.15, -0.1) is 0 Å². The molecule has 1 N–H and O–H groups in total. The summed E-state index contributed by atoms with van der Waals surface area (Å²) < 4.78 is 0. The summed E-state index contributed by atoms with van der Waals surface area (Å²) >= 11 is 0. The van der Waals surface area contributed by atoms with Crippen LogP contribution in [0.15, 0.2) is 18.6 Å². The fourth-order valence-corrected chi connectivity index (χ4v) is 2.45. The van der Waals surface area contributed by atoms with Gasteiger partial charge in [-0.2, -0.15) is 0 Å². The molecule has 1 aliphatic rings. The summed E-state index contributed by atoms with van der Waals surface area (Å²) in [6.45, 7) is 3.80. The minimum Gasteiger partial charge on any atom is -0.481 e. The highest BCUT2D eigenvalue weighted by Gasteiger charge is 2.38. The average Bonchev–Trinajstić information content (AvgIpc) is 2.83. The van der Waals surface area contributed by atoms with Crippen LogP contribution in [0.25, 0.3) is 0 Å². The second-order valence-corrected chi connectivity index (χ2v) is 4.63. The molecule has 0 aliphatic carbocycles. The molecule has 0 aromatic carbocycles. The van der Waals surface area contributed by atoms with Gasteiger partial charge in [-0.1, -0.05) is 0 Å². The normalized spacial score (nSPS) is 20.1. The zero-order valence-electron chi connectivity index (χ0n) is 9.96. The number of aliphatic carboxylic acids is 1. The van der Waals surface area contributed by atoms with Crippen molar-refractivity contribution in [2.45, 2.75) is 31.7 Å². The van der Waals surface area contributed by atoms with Gasteiger partial charge in [-0.25, -0.2) is 0 Å². The number of rotatable bonds is 4. The molecule has 1 unspecified atom stereocenters. The third kappa shape index (κ3) is 2.44. The highest BCUT2D eigenvalue weighted by atomic mass is 16.4. The molecular formula is C12H17N3O2. The third-order valence-electron chi connectivity index (χ3n) is 3.41. The molecule has 1 aliphatic heterocycles. The number of hydrogen-bond acceptors (Lipinski definition) is 4. The van der Waals surface area contributed by atoms with Crippen LogP contribution in [-0.4, -0.2) is 39.0 Å². The summed E-state index contributed by atoms with van der Waals surface area (Å²) in [5.74, 6) is -0.801. The number of carboxylic acids is 1. The quantitative estimate of drug-likeness (QED) is 0.851. The van der Waals surface area contributed by atoms with E-state index in [-0.39, 0.29) is 6.42 Å². The first-order valence-electron chi connectivity index (χ1n) is 5.86. The topological polar surface area (TPSA) is 66.3 Å². The Balaban J connectivity index is 2.32. The van der Waals surface area contributed by atoms with Gasteiger partial charge in [0.25, 0.3) is 0 Å². The van der Waals surface area contributed by atoms with Crippen LogP contribution >= 0.6 is 0 Å². The third-order valence-corrected chi connectivity index (χ3v) is 3.41. The van der Waals surface area contributed by atoms with Gasteiger partial charge < -0.3 is 5.11 Å². The average molecular weight is 235 g/mol. The molecule has 92 valence electrons. The van der Waals surface area contributed by atoms with Crippen LogP contribution in [0.4, 0.5) is 0 Å². The molecule has 2 heterocycles. The lowest BCUT2D eigenvalue weighted by Gasteiger charge is -2.36. The molecule has 0 saturated carbocycles. The molecule has 1 aromatic heterocycles. The fourth-order valence-electron chi connectivity index (χ4n) is 2.45. The molecule has 0 radical (unpaired) electrons. The number of aromatic nitrogens is 2. The second-order valence-electron chi connectivity index (χ2n) is 4.63. The first kappa shape index (κ1) is 12.0. The molecule has 5 nitrogen and oxygen atoms in total. The van der Waals surface area contributed by atoms with Crippen LogP contribution < -0.4 is 0 Å². The van der Waals surface area contributed by atoms with E-state index in [4.69, 9.17) is 5.11 Å². The summed E-state index contributed by atoms with van der Waals surface area (Å²) in [4.78, 5) is 21.6. The van der Waals surface area contributed by atoms with Crippen LogP contribution in [0.3, 0.4) is 0 Å². The van der Waals surface area contributed by atoms with E-state index in [0.717, 1.165) is 31.6 Å². The Labute approximate surface area is 100 Å². The fraction of sp³-hybridized carbons (Fsp3) is 0.583. The van der Waals surface area contributed by atoms with E-state index in [2.05, 4.69) is 14.9 Å². The van der Waals surface area contributed by atoms with Crippen molar-refractivity contribution < 1.29 is 9.90 Å². The van der Waals surface area contributed by atoms with E-state index in [1.54, 1.807) is 18.6 Å². The molecule has 1 saturated heterocycles. The largest absolute Gasteiger partial charge is 0.481 e. The maximum atomic E-state index is 11.1. The van der Waals surface area contributed by atoms with Gasteiger partial charge in [0, 0.05) is 12.4 Å². The Bertz CT molecular complexity index is 390. The van der Waals surface area contributed by atoms with Gasteiger partial charge in [-0.3, -0.25) is 19.7 Å². The predicted molar refractivity (Wildman–Crippen MR) is 62.4 cm³/mol.